The highest BCUT2D eigenvalue weighted by molar-refractivity contribution is 5.19. The Morgan fingerprint density at radius 1 is 1.58 bits per heavy atom. The molecular weight excluding hydrogens is 148 g/mol. The molecule has 0 saturated heterocycles. The fraction of sp³-hybridized carbons (Fsp3) is 0.700. The maximum Gasteiger partial charge on any atom is 0.0522 e. The van der Waals surface area contributed by atoms with Crippen LogP contribution in [0.25, 0.3) is 0 Å². The summed E-state index contributed by atoms with van der Waals surface area (Å²) in [6, 6.07) is 0. The highest BCUT2D eigenvalue weighted by atomic mass is 15.1. The van der Waals surface area contributed by atoms with E-state index in [1.54, 1.807) is 0 Å². The summed E-state index contributed by atoms with van der Waals surface area (Å²) >= 11 is 0. The number of aromatic amines is 1. The highest BCUT2D eigenvalue weighted by Gasteiger charge is 2.21. The minimum Gasteiger partial charge on any atom is -0.282 e. The number of fused-ring (bicyclic) bond motifs is 1. The van der Waals surface area contributed by atoms with Crippen molar-refractivity contribution >= 4 is 0 Å². The Morgan fingerprint density at radius 2 is 2.42 bits per heavy atom. The van der Waals surface area contributed by atoms with Crippen molar-refractivity contribution in [2.45, 2.75) is 33.1 Å². The van der Waals surface area contributed by atoms with Gasteiger partial charge in [-0.3, -0.25) is 5.10 Å². The number of aromatic nitrogens is 2. The van der Waals surface area contributed by atoms with E-state index in [1.165, 1.54) is 30.5 Å². The summed E-state index contributed by atoms with van der Waals surface area (Å²) < 4.78 is 0. The van der Waals surface area contributed by atoms with E-state index < -0.39 is 0 Å². The van der Waals surface area contributed by atoms with Gasteiger partial charge in [0.15, 0.2) is 0 Å². The number of hydrogen-bond donors (Lipinski definition) is 1. The van der Waals surface area contributed by atoms with Gasteiger partial charge in [0, 0.05) is 5.69 Å². The number of nitrogens with zero attached hydrogens (tertiary/aromatic N) is 1. The zero-order valence-electron chi connectivity index (χ0n) is 7.80. The van der Waals surface area contributed by atoms with Crippen LogP contribution in [0.3, 0.4) is 0 Å². The van der Waals surface area contributed by atoms with Crippen LogP contribution in [-0.4, -0.2) is 10.2 Å². The van der Waals surface area contributed by atoms with Gasteiger partial charge in [-0.1, -0.05) is 13.8 Å². The fourth-order valence-corrected chi connectivity index (χ4v) is 2.00. The van der Waals surface area contributed by atoms with Crippen LogP contribution in [-0.2, 0) is 12.8 Å². The molecule has 12 heavy (non-hydrogen) atoms. The maximum absolute atomic E-state index is 4.07. The van der Waals surface area contributed by atoms with Crippen LogP contribution >= 0.6 is 0 Å². The number of hydrogen-bond acceptors (Lipinski definition) is 1. The summed E-state index contributed by atoms with van der Waals surface area (Å²) in [4.78, 5) is 0. The van der Waals surface area contributed by atoms with Crippen LogP contribution < -0.4 is 0 Å². The van der Waals surface area contributed by atoms with Crippen LogP contribution in [0.5, 0.6) is 0 Å². The van der Waals surface area contributed by atoms with Gasteiger partial charge in [0.05, 0.1) is 6.20 Å². The second-order valence-corrected chi connectivity index (χ2v) is 4.12. The molecule has 0 saturated carbocycles. The Hall–Kier alpha value is -0.790. The molecule has 1 N–H and O–H groups in total. The molecule has 1 aliphatic rings. The number of nitrogens with one attached hydrogen (secondary N) is 1. The molecule has 0 spiro atoms. The zero-order valence-corrected chi connectivity index (χ0v) is 7.80. The summed E-state index contributed by atoms with van der Waals surface area (Å²) in [7, 11) is 0. The molecule has 0 aromatic carbocycles. The molecule has 0 radical (unpaired) electrons. The Labute approximate surface area is 73.4 Å². The molecule has 0 unspecified atom stereocenters. The van der Waals surface area contributed by atoms with E-state index in [1.807, 2.05) is 6.20 Å². The van der Waals surface area contributed by atoms with Crippen molar-refractivity contribution in [2.24, 2.45) is 11.8 Å². The highest BCUT2D eigenvalue weighted by Crippen LogP contribution is 2.28. The molecule has 0 fully saturated rings. The summed E-state index contributed by atoms with van der Waals surface area (Å²) in [5, 5.41) is 7.17. The first-order valence-electron chi connectivity index (χ1n) is 4.78. The van der Waals surface area contributed by atoms with Gasteiger partial charge in [-0.05, 0) is 36.7 Å². The van der Waals surface area contributed by atoms with E-state index in [0.29, 0.717) is 0 Å². The Morgan fingerprint density at radius 3 is 3.17 bits per heavy atom. The van der Waals surface area contributed by atoms with E-state index in [2.05, 4.69) is 24.0 Å². The molecular formula is C10H16N2. The Kier molecular flexibility index (Phi) is 1.91. The largest absolute Gasteiger partial charge is 0.282 e. The quantitative estimate of drug-likeness (QED) is 0.677. The van der Waals surface area contributed by atoms with Crippen molar-refractivity contribution in [3.05, 3.63) is 17.5 Å². The monoisotopic (exact) mass is 164 g/mol. The SMILES string of the molecule is CC(C)[C@H]1CCc2cn[nH]c2C1. The molecule has 1 aliphatic carbocycles. The smallest absolute Gasteiger partial charge is 0.0522 e. The molecule has 1 aromatic rings. The van der Waals surface area contributed by atoms with Crippen molar-refractivity contribution in [1.29, 1.82) is 0 Å². The van der Waals surface area contributed by atoms with E-state index in [4.69, 9.17) is 0 Å². The van der Waals surface area contributed by atoms with E-state index in [9.17, 15) is 0 Å². The minimum absolute atomic E-state index is 0.807. The van der Waals surface area contributed by atoms with Crippen molar-refractivity contribution in [1.82, 2.24) is 10.2 Å². The molecule has 1 atom stereocenters. The van der Waals surface area contributed by atoms with E-state index in [-0.39, 0.29) is 0 Å². The van der Waals surface area contributed by atoms with Crippen molar-refractivity contribution < 1.29 is 0 Å². The predicted octanol–water partition coefficient (Wildman–Crippen LogP) is 2.17. The Bertz CT molecular complexity index is 263. The summed E-state index contributed by atoms with van der Waals surface area (Å²) in [5.41, 5.74) is 2.81. The van der Waals surface area contributed by atoms with E-state index >= 15 is 0 Å². The minimum atomic E-state index is 0.807. The van der Waals surface area contributed by atoms with Gasteiger partial charge in [0.25, 0.3) is 0 Å². The normalized spacial score (nSPS) is 22.8. The third kappa shape index (κ3) is 1.26. The topological polar surface area (TPSA) is 28.7 Å². The average Bonchev–Trinajstić information content (AvgIpc) is 2.49. The van der Waals surface area contributed by atoms with Gasteiger partial charge >= 0.3 is 0 Å². The second kappa shape index (κ2) is 2.92. The summed E-state index contributed by atoms with van der Waals surface area (Å²) in [6.07, 6.45) is 5.73. The van der Waals surface area contributed by atoms with Crippen LogP contribution in [0, 0.1) is 11.8 Å². The van der Waals surface area contributed by atoms with Crippen molar-refractivity contribution in [2.75, 3.05) is 0 Å². The molecule has 2 nitrogen and oxygen atoms in total. The third-order valence-corrected chi connectivity index (χ3v) is 3.00. The lowest BCUT2D eigenvalue weighted by Gasteiger charge is -2.24. The molecule has 1 aromatic heterocycles. The molecule has 66 valence electrons. The van der Waals surface area contributed by atoms with Gasteiger partial charge < -0.3 is 0 Å². The first-order valence-corrected chi connectivity index (χ1v) is 4.78. The van der Waals surface area contributed by atoms with Gasteiger partial charge in [-0.15, -0.1) is 0 Å². The van der Waals surface area contributed by atoms with E-state index in [0.717, 1.165) is 11.8 Å². The molecule has 2 heteroatoms. The van der Waals surface area contributed by atoms with Gasteiger partial charge in [-0.2, -0.15) is 5.10 Å². The van der Waals surface area contributed by atoms with Crippen molar-refractivity contribution in [3.8, 4) is 0 Å². The standard InChI is InChI=1S/C10H16N2/c1-7(2)8-3-4-9-6-11-12-10(9)5-8/h6-8H,3-5H2,1-2H3,(H,11,12)/t8-/m0/s1. The molecule has 0 aliphatic heterocycles. The van der Waals surface area contributed by atoms with Crippen LogP contribution in [0.1, 0.15) is 31.5 Å². The van der Waals surface area contributed by atoms with Crippen LogP contribution in [0.4, 0.5) is 0 Å². The first-order chi connectivity index (χ1) is 5.77. The van der Waals surface area contributed by atoms with Crippen molar-refractivity contribution in [3.63, 3.8) is 0 Å². The predicted molar refractivity (Wildman–Crippen MR) is 48.9 cm³/mol. The lowest BCUT2D eigenvalue weighted by atomic mass is 9.81. The van der Waals surface area contributed by atoms with Gasteiger partial charge in [0.1, 0.15) is 0 Å². The fourth-order valence-electron chi connectivity index (χ4n) is 2.00. The maximum atomic E-state index is 4.07. The van der Waals surface area contributed by atoms with Gasteiger partial charge in [-0.25, -0.2) is 0 Å². The van der Waals surface area contributed by atoms with Crippen LogP contribution in [0.2, 0.25) is 0 Å². The Balaban J connectivity index is 2.15. The summed E-state index contributed by atoms with van der Waals surface area (Å²) in [5.74, 6) is 1.67. The molecule has 2 rings (SSSR count). The lowest BCUT2D eigenvalue weighted by Crippen LogP contribution is -2.18. The number of rotatable bonds is 1. The summed E-state index contributed by atoms with van der Waals surface area (Å²) in [6.45, 7) is 4.62. The average molecular weight is 164 g/mol. The van der Waals surface area contributed by atoms with Crippen LogP contribution in [0.15, 0.2) is 6.20 Å². The number of aryl methyl sites for hydroxylation is 1. The second-order valence-electron chi connectivity index (χ2n) is 4.12. The number of H-pyrrole nitrogens is 1. The first kappa shape index (κ1) is 7.84. The third-order valence-electron chi connectivity index (χ3n) is 3.00. The molecule has 0 bridgehead atoms. The lowest BCUT2D eigenvalue weighted by molar-refractivity contribution is 0.340. The van der Waals surface area contributed by atoms with Gasteiger partial charge in [0.2, 0.25) is 0 Å². The molecule has 0 amide bonds. The zero-order chi connectivity index (χ0) is 8.55. The molecule has 1 heterocycles.